The van der Waals surface area contributed by atoms with Gasteiger partial charge >= 0.3 is 7.12 Å². The van der Waals surface area contributed by atoms with Crippen molar-refractivity contribution in [2.24, 2.45) is 0 Å². The minimum absolute atomic E-state index is 0.260. The van der Waals surface area contributed by atoms with E-state index in [4.69, 9.17) is 0 Å². The molecule has 1 heterocycles. The molecule has 0 spiro atoms. The average molecular weight is 468 g/mol. The SMILES string of the molecule is CC(C)N1CCN(c2ccc(C3=C(c4ccc(O)cc4)CCc4cc(B(O)O)ccc43)cc2)CC1. The highest BCUT2D eigenvalue weighted by Gasteiger charge is 2.24. The Morgan fingerprint density at radius 3 is 2.06 bits per heavy atom. The molecular weight excluding hydrogens is 435 g/mol. The van der Waals surface area contributed by atoms with Crippen LogP contribution in [-0.2, 0) is 6.42 Å². The van der Waals surface area contributed by atoms with Gasteiger partial charge < -0.3 is 20.1 Å². The molecule has 1 saturated heterocycles. The minimum Gasteiger partial charge on any atom is -0.508 e. The lowest BCUT2D eigenvalue weighted by Gasteiger charge is -2.38. The van der Waals surface area contributed by atoms with E-state index in [1.165, 1.54) is 16.8 Å². The largest absolute Gasteiger partial charge is 0.508 e. The molecule has 0 unspecified atom stereocenters. The number of rotatable bonds is 5. The number of allylic oxidation sites excluding steroid dienone is 1. The van der Waals surface area contributed by atoms with E-state index in [9.17, 15) is 15.2 Å². The Bertz CT molecular complexity index is 1210. The summed E-state index contributed by atoms with van der Waals surface area (Å²) in [6.45, 7) is 8.76. The van der Waals surface area contributed by atoms with Crippen molar-refractivity contribution >= 4 is 29.4 Å². The van der Waals surface area contributed by atoms with E-state index >= 15 is 0 Å². The second kappa shape index (κ2) is 9.90. The quantitative estimate of drug-likeness (QED) is 0.501. The Hall–Kier alpha value is -3.06. The molecule has 0 bridgehead atoms. The molecule has 3 aromatic rings. The maximum atomic E-state index is 9.81. The van der Waals surface area contributed by atoms with Crippen molar-refractivity contribution in [1.82, 2.24) is 4.90 Å². The lowest BCUT2D eigenvalue weighted by Crippen LogP contribution is -2.48. The summed E-state index contributed by atoms with van der Waals surface area (Å²) in [5, 5.41) is 29.2. The van der Waals surface area contributed by atoms with Crippen LogP contribution < -0.4 is 10.4 Å². The number of anilines is 1. The van der Waals surface area contributed by atoms with Gasteiger partial charge in [0.15, 0.2) is 0 Å². The van der Waals surface area contributed by atoms with Crippen molar-refractivity contribution in [2.75, 3.05) is 31.1 Å². The van der Waals surface area contributed by atoms with E-state index in [2.05, 4.69) is 47.9 Å². The molecule has 1 aliphatic carbocycles. The van der Waals surface area contributed by atoms with E-state index in [-0.39, 0.29) is 5.75 Å². The predicted molar refractivity (Wildman–Crippen MR) is 144 cm³/mol. The molecular formula is C29H33BN2O3. The fraction of sp³-hybridized carbons (Fsp3) is 0.310. The number of piperazine rings is 1. The van der Waals surface area contributed by atoms with Gasteiger partial charge in [0.2, 0.25) is 0 Å². The highest BCUT2D eigenvalue weighted by atomic mass is 16.4. The minimum atomic E-state index is -1.47. The van der Waals surface area contributed by atoms with Gasteiger partial charge in [0.1, 0.15) is 5.75 Å². The molecule has 0 amide bonds. The normalized spacial score (nSPS) is 16.5. The Morgan fingerprint density at radius 1 is 0.771 bits per heavy atom. The van der Waals surface area contributed by atoms with E-state index < -0.39 is 7.12 Å². The predicted octanol–water partition coefficient (Wildman–Crippen LogP) is 3.51. The van der Waals surface area contributed by atoms with Gasteiger partial charge in [-0.15, -0.1) is 0 Å². The van der Waals surface area contributed by atoms with Gasteiger partial charge in [0.05, 0.1) is 0 Å². The van der Waals surface area contributed by atoms with Crippen molar-refractivity contribution in [1.29, 1.82) is 0 Å². The fourth-order valence-electron chi connectivity index (χ4n) is 5.39. The van der Waals surface area contributed by atoms with Gasteiger partial charge in [-0.05, 0) is 89.8 Å². The molecule has 5 rings (SSSR count). The van der Waals surface area contributed by atoms with E-state index in [0.29, 0.717) is 11.5 Å². The van der Waals surface area contributed by atoms with Crippen molar-refractivity contribution in [3.05, 3.63) is 89.0 Å². The zero-order valence-electron chi connectivity index (χ0n) is 20.5. The number of aromatic hydroxyl groups is 1. The van der Waals surface area contributed by atoms with Crippen molar-refractivity contribution in [2.45, 2.75) is 32.7 Å². The first-order valence-electron chi connectivity index (χ1n) is 12.5. The number of fused-ring (bicyclic) bond motifs is 1. The summed E-state index contributed by atoms with van der Waals surface area (Å²) in [4.78, 5) is 4.98. The molecule has 6 heteroatoms. The van der Waals surface area contributed by atoms with Crippen molar-refractivity contribution in [3.8, 4) is 5.75 Å². The molecule has 3 N–H and O–H groups in total. The van der Waals surface area contributed by atoms with Gasteiger partial charge in [0.25, 0.3) is 0 Å². The maximum Gasteiger partial charge on any atom is 0.488 e. The molecule has 35 heavy (non-hydrogen) atoms. The summed E-state index contributed by atoms with van der Waals surface area (Å²) >= 11 is 0. The van der Waals surface area contributed by atoms with E-state index in [1.54, 1.807) is 18.2 Å². The summed E-state index contributed by atoms with van der Waals surface area (Å²) in [7, 11) is -1.47. The summed E-state index contributed by atoms with van der Waals surface area (Å²) < 4.78 is 0. The number of aryl methyl sites for hydroxylation is 1. The number of hydrogen-bond donors (Lipinski definition) is 3. The first-order chi connectivity index (χ1) is 16.9. The van der Waals surface area contributed by atoms with Crippen LogP contribution in [0, 0.1) is 0 Å². The smallest absolute Gasteiger partial charge is 0.488 e. The molecule has 2 aliphatic rings. The second-order valence-corrected chi connectivity index (χ2v) is 9.85. The Kier molecular flexibility index (Phi) is 6.70. The molecule has 5 nitrogen and oxygen atoms in total. The second-order valence-electron chi connectivity index (χ2n) is 9.85. The van der Waals surface area contributed by atoms with E-state index in [0.717, 1.165) is 61.3 Å². The number of hydrogen-bond acceptors (Lipinski definition) is 5. The molecule has 180 valence electrons. The van der Waals surface area contributed by atoms with Crippen LogP contribution in [0.15, 0.2) is 66.7 Å². The number of phenols is 1. The molecule has 0 atom stereocenters. The summed E-state index contributed by atoms with van der Waals surface area (Å²) in [5.41, 5.74) is 8.69. The maximum absolute atomic E-state index is 9.81. The Balaban J connectivity index is 1.52. The van der Waals surface area contributed by atoms with Gasteiger partial charge in [-0.3, -0.25) is 4.90 Å². The van der Waals surface area contributed by atoms with Crippen molar-refractivity contribution in [3.63, 3.8) is 0 Å². The summed E-state index contributed by atoms with van der Waals surface area (Å²) in [6, 6.07) is 22.6. The van der Waals surface area contributed by atoms with Gasteiger partial charge in [0, 0.05) is 37.9 Å². The zero-order valence-corrected chi connectivity index (χ0v) is 20.5. The molecule has 3 aromatic carbocycles. The highest BCUT2D eigenvalue weighted by Crippen LogP contribution is 2.41. The molecule has 0 saturated carbocycles. The average Bonchev–Trinajstić information content (AvgIpc) is 2.88. The van der Waals surface area contributed by atoms with Crippen LogP contribution in [0.2, 0.25) is 0 Å². The van der Waals surface area contributed by atoms with Crippen LogP contribution in [0.5, 0.6) is 5.75 Å². The lowest BCUT2D eigenvalue weighted by molar-refractivity contribution is 0.209. The standard InChI is InChI=1S/C29H33BN2O3/c1-20(2)31-15-17-32(18-16-31)25-9-3-22(4-10-25)29-27(21-5-11-26(33)12-6-21)13-7-23-19-24(30(34)35)8-14-28(23)29/h3-6,8-12,14,19-20,33-35H,7,13,15-18H2,1-2H3. The summed E-state index contributed by atoms with van der Waals surface area (Å²) in [5.74, 6) is 0.260. The van der Waals surface area contributed by atoms with Crippen LogP contribution in [0.1, 0.15) is 42.5 Å². The van der Waals surface area contributed by atoms with Crippen LogP contribution in [0.3, 0.4) is 0 Å². The Labute approximate surface area is 208 Å². The van der Waals surface area contributed by atoms with Crippen molar-refractivity contribution < 1.29 is 15.2 Å². The summed E-state index contributed by atoms with van der Waals surface area (Å²) in [6.07, 6.45) is 1.67. The molecule has 0 radical (unpaired) electrons. The third-order valence-electron chi connectivity index (χ3n) is 7.42. The number of benzene rings is 3. The number of phenolic OH excluding ortho intramolecular Hbond substituents is 1. The fourth-order valence-corrected chi connectivity index (χ4v) is 5.39. The highest BCUT2D eigenvalue weighted by molar-refractivity contribution is 6.58. The zero-order chi connectivity index (χ0) is 24.5. The Morgan fingerprint density at radius 2 is 1.43 bits per heavy atom. The third kappa shape index (κ3) is 4.87. The number of nitrogens with zero attached hydrogens (tertiary/aromatic N) is 2. The molecule has 0 aromatic heterocycles. The monoisotopic (exact) mass is 468 g/mol. The van der Waals surface area contributed by atoms with Gasteiger partial charge in [-0.25, -0.2) is 0 Å². The van der Waals surface area contributed by atoms with Crippen LogP contribution >= 0.6 is 0 Å². The van der Waals surface area contributed by atoms with Crippen LogP contribution in [0.4, 0.5) is 5.69 Å². The molecule has 1 aliphatic heterocycles. The topological polar surface area (TPSA) is 67.2 Å². The first-order valence-corrected chi connectivity index (χ1v) is 12.5. The van der Waals surface area contributed by atoms with Crippen LogP contribution in [-0.4, -0.2) is 59.4 Å². The molecule has 1 fully saturated rings. The van der Waals surface area contributed by atoms with Gasteiger partial charge in [-0.2, -0.15) is 0 Å². The van der Waals surface area contributed by atoms with Crippen LogP contribution in [0.25, 0.3) is 11.1 Å². The van der Waals surface area contributed by atoms with E-state index in [1.807, 2.05) is 24.3 Å². The third-order valence-corrected chi connectivity index (χ3v) is 7.42. The first kappa shape index (κ1) is 23.7. The lowest BCUT2D eigenvalue weighted by atomic mass is 9.74. The van der Waals surface area contributed by atoms with Gasteiger partial charge in [-0.1, -0.05) is 42.5 Å².